The fourth-order valence-corrected chi connectivity index (χ4v) is 2.10. The summed E-state index contributed by atoms with van der Waals surface area (Å²) in [5.41, 5.74) is 0. The maximum absolute atomic E-state index is 2.37. The van der Waals surface area contributed by atoms with E-state index in [2.05, 4.69) is 18.8 Å². The molecule has 1 nitrogen and oxygen atoms in total. The Bertz CT molecular complexity index is 59.1. The Balaban J connectivity index is 2.14. The molecule has 0 saturated carbocycles. The second-order valence-corrected chi connectivity index (χ2v) is 4.86. The van der Waals surface area contributed by atoms with Crippen molar-refractivity contribution in [2.45, 2.75) is 6.42 Å². The SMILES string of the molecule is CN(C)P1CCC1. The van der Waals surface area contributed by atoms with Crippen molar-refractivity contribution >= 4 is 8.07 Å². The van der Waals surface area contributed by atoms with Crippen LogP contribution in [0.2, 0.25) is 0 Å². The summed E-state index contributed by atoms with van der Waals surface area (Å²) in [7, 11) is 4.75. The van der Waals surface area contributed by atoms with Gasteiger partial charge in [-0.15, -0.1) is 0 Å². The highest BCUT2D eigenvalue weighted by Crippen LogP contribution is 2.46. The Hall–Kier alpha value is 0.390. The Labute approximate surface area is 46.5 Å². The molecular weight excluding hydrogens is 105 g/mol. The highest BCUT2D eigenvalue weighted by Gasteiger charge is 2.17. The molecule has 42 valence electrons. The lowest BCUT2D eigenvalue weighted by molar-refractivity contribution is 0.654. The Morgan fingerprint density at radius 3 is 1.86 bits per heavy atom. The van der Waals surface area contributed by atoms with Crippen molar-refractivity contribution in [2.75, 3.05) is 26.4 Å². The maximum Gasteiger partial charge on any atom is -0.00972 e. The van der Waals surface area contributed by atoms with Gasteiger partial charge in [0, 0.05) is 0 Å². The maximum atomic E-state index is 2.37. The minimum absolute atomic E-state index is 0.377. The van der Waals surface area contributed by atoms with Crippen molar-refractivity contribution in [2.24, 2.45) is 0 Å². The van der Waals surface area contributed by atoms with Crippen LogP contribution in [-0.4, -0.2) is 31.1 Å². The van der Waals surface area contributed by atoms with Gasteiger partial charge in [-0.05, 0) is 40.9 Å². The molecule has 0 aromatic rings. The normalized spacial score (nSPS) is 22.7. The van der Waals surface area contributed by atoms with Crippen LogP contribution in [0.15, 0.2) is 0 Å². The van der Waals surface area contributed by atoms with Crippen LogP contribution in [0.25, 0.3) is 0 Å². The van der Waals surface area contributed by atoms with Gasteiger partial charge in [0.15, 0.2) is 0 Å². The Morgan fingerprint density at radius 1 is 1.29 bits per heavy atom. The van der Waals surface area contributed by atoms with Gasteiger partial charge in [0.2, 0.25) is 0 Å². The molecule has 1 aliphatic heterocycles. The van der Waals surface area contributed by atoms with E-state index in [1.165, 1.54) is 18.7 Å². The fraction of sp³-hybridized carbons (Fsp3) is 1.00. The fourth-order valence-electron chi connectivity index (χ4n) is 0.700. The molecule has 0 radical (unpaired) electrons. The summed E-state index contributed by atoms with van der Waals surface area (Å²) in [4.78, 5) is 0. The van der Waals surface area contributed by atoms with Gasteiger partial charge in [0.1, 0.15) is 0 Å². The van der Waals surface area contributed by atoms with E-state index in [0.29, 0.717) is 8.07 Å². The summed E-state index contributed by atoms with van der Waals surface area (Å²) < 4.78 is 2.37. The molecule has 0 aliphatic carbocycles. The zero-order valence-electron chi connectivity index (χ0n) is 5.02. The molecule has 7 heavy (non-hydrogen) atoms. The second kappa shape index (κ2) is 2.11. The number of hydrogen-bond acceptors (Lipinski definition) is 1. The molecule has 0 amide bonds. The predicted molar refractivity (Wildman–Crippen MR) is 35.0 cm³/mol. The van der Waals surface area contributed by atoms with Crippen molar-refractivity contribution in [1.29, 1.82) is 0 Å². The summed E-state index contributed by atoms with van der Waals surface area (Å²) in [6.07, 6.45) is 4.45. The highest BCUT2D eigenvalue weighted by molar-refractivity contribution is 7.56. The molecule has 0 N–H and O–H groups in total. The summed E-state index contributed by atoms with van der Waals surface area (Å²) in [6, 6.07) is 0. The predicted octanol–water partition coefficient (Wildman–Crippen LogP) is 1.35. The summed E-state index contributed by atoms with van der Waals surface area (Å²) >= 11 is 0. The minimum Gasteiger partial charge on any atom is -0.288 e. The Morgan fingerprint density at radius 2 is 1.86 bits per heavy atom. The van der Waals surface area contributed by atoms with E-state index in [9.17, 15) is 0 Å². The number of rotatable bonds is 1. The van der Waals surface area contributed by atoms with E-state index >= 15 is 0 Å². The highest BCUT2D eigenvalue weighted by atomic mass is 31.1. The summed E-state index contributed by atoms with van der Waals surface area (Å²) in [5, 5.41) is 0. The lowest BCUT2D eigenvalue weighted by Gasteiger charge is -2.31. The Kier molecular flexibility index (Phi) is 1.66. The van der Waals surface area contributed by atoms with Gasteiger partial charge < -0.3 is 0 Å². The van der Waals surface area contributed by atoms with E-state index < -0.39 is 0 Å². The summed E-state index contributed by atoms with van der Waals surface area (Å²) in [5.74, 6) is 0. The molecule has 1 rings (SSSR count). The van der Waals surface area contributed by atoms with Crippen LogP contribution in [0.4, 0.5) is 0 Å². The van der Waals surface area contributed by atoms with Crippen molar-refractivity contribution in [1.82, 2.24) is 4.67 Å². The monoisotopic (exact) mass is 117 g/mol. The third kappa shape index (κ3) is 1.14. The van der Waals surface area contributed by atoms with E-state index in [1.807, 2.05) is 0 Å². The van der Waals surface area contributed by atoms with Crippen LogP contribution in [0.1, 0.15) is 6.42 Å². The number of nitrogens with zero attached hydrogens (tertiary/aromatic N) is 1. The first-order valence-corrected chi connectivity index (χ1v) is 4.39. The van der Waals surface area contributed by atoms with E-state index in [1.54, 1.807) is 0 Å². The molecule has 0 atom stereocenters. The van der Waals surface area contributed by atoms with Crippen LogP contribution in [-0.2, 0) is 0 Å². The third-order valence-electron chi connectivity index (χ3n) is 1.40. The first-order valence-electron chi connectivity index (χ1n) is 2.73. The smallest absolute Gasteiger partial charge is 0.00972 e. The van der Waals surface area contributed by atoms with Crippen molar-refractivity contribution < 1.29 is 0 Å². The van der Waals surface area contributed by atoms with Gasteiger partial charge in [-0.2, -0.15) is 0 Å². The molecule has 0 aromatic carbocycles. The average molecular weight is 117 g/mol. The van der Waals surface area contributed by atoms with Crippen LogP contribution >= 0.6 is 8.07 Å². The van der Waals surface area contributed by atoms with Crippen LogP contribution in [0.5, 0.6) is 0 Å². The topological polar surface area (TPSA) is 3.24 Å². The minimum atomic E-state index is 0.377. The molecule has 1 heterocycles. The van der Waals surface area contributed by atoms with Gasteiger partial charge in [-0.3, -0.25) is 4.67 Å². The molecule has 1 aliphatic rings. The van der Waals surface area contributed by atoms with Crippen LogP contribution in [0, 0.1) is 0 Å². The van der Waals surface area contributed by atoms with Gasteiger partial charge >= 0.3 is 0 Å². The molecule has 1 fully saturated rings. The van der Waals surface area contributed by atoms with Crippen molar-refractivity contribution in [3.8, 4) is 0 Å². The molecular formula is C5H12NP. The van der Waals surface area contributed by atoms with Crippen molar-refractivity contribution in [3.63, 3.8) is 0 Å². The first-order chi connectivity index (χ1) is 3.30. The second-order valence-electron chi connectivity index (χ2n) is 2.15. The summed E-state index contributed by atoms with van der Waals surface area (Å²) in [6.45, 7) is 0. The van der Waals surface area contributed by atoms with E-state index in [-0.39, 0.29) is 0 Å². The largest absolute Gasteiger partial charge is 0.288 e. The van der Waals surface area contributed by atoms with Gasteiger partial charge in [-0.1, -0.05) is 0 Å². The average Bonchev–Trinajstić information content (AvgIpc) is 1.23. The molecule has 0 aromatic heterocycles. The third-order valence-corrected chi connectivity index (χ3v) is 4.19. The van der Waals surface area contributed by atoms with Gasteiger partial charge in [0.05, 0.1) is 0 Å². The lowest BCUT2D eigenvalue weighted by Crippen LogP contribution is -2.17. The molecule has 0 unspecified atom stereocenters. The molecule has 1 saturated heterocycles. The van der Waals surface area contributed by atoms with Gasteiger partial charge in [-0.25, -0.2) is 0 Å². The van der Waals surface area contributed by atoms with Gasteiger partial charge in [0.25, 0.3) is 0 Å². The van der Waals surface area contributed by atoms with E-state index in [0.717, 1.165) is 0 Å². The zero-order chi connectivity index (χ0) is 5.28. The zero-order valence-corrected chi connectivity index (χ0v) is 5.91. The molecule has 0 spiro atoms. The van der Waals surface area contributed by atoms with Crippen molar-refractivity contribution in [3.05, 3.63) is 0 Å². The first kappa shape index (κ1) is 5.53. The molecule has 0 bridgehead atoms. The quantitative estimate of drug-likeness (QED) is 0.468. The standard InChI is InChI=1S/C5H12NP/c1-6(2)7-4-3-5-7/h3-5H2,1-2H3. The van der Waals surface area contributed by atoms with E-state index in [4.69, 9.17) is 0 Å². The molecule has 2 heteroatoms. The van der Waals surface area contributed by atoms with Crippen LogP contribution < -0.4 is 0 Å². The number of hydrogen-bond donors (Lipinski definition) is 0. The lowest BCUT2D eigenvalue weighted by atomic mass is 10.5. The van der Waals surface area contributed by atoms with Crippen LogP contribution in [0.3, 0.4) is 0 Å².